The average molecular weight is 365 g/mol. The molecule has 0 saturated carbocycles. The van der Waals surface area contributed by atoms with Crippen LogP contribution < -0.4 is 5.11 Å². The number of aryl methyl sites for hydroxylation is 1. The lowest BCUT2D eigenvalue weighted by atomic mass is 10.2. The molecule has 3 aromatic rings. The minimum atomic E-state index is -1.07. The Balaban J connectivity index is 2.14. The van der Waals surface area contributed by atoms with Gasteiger partial charge in [-0.2, -0.15) is 0 Å². The summed E-state index contributed by atoms with van der Waals surface area (Å²) < 4.78 is 1.99. The summed E-state index contributed by atoms with van der Waals surface area (Å²) in [5.74, 6) is -1.07. The van der Waals surface area contributed by atoms with Crippen LogP contribution in [-0.4, -0.2) is 10.5 Å². The number of halogens is 2. The first-order valence-corrected chi connectivity index (χ1v) is 8.59. The van der Waals surface area contributed by atoms with E-state index in [1.807, 2.05) is 46.3 Å². The summed E-state index contributed by atoms with van der Waals surface area (Å²) in [6.45, 7) is 0. The molecular formula is C17H12Cl2NO2S-. The fraction of sp³-hybridized carbons (Fsp3) is 0.118. The Hall–Kier alpha value is -1.75. The molecule has 0 spiro atoms. The Morgan fingerprint density at radius 2 is 1.87 bits per heavy atom. The van der Waals surface area contributed by atoms with Crippen LogP contribution in [0.5, 0.6) is 0 Å². The highest BCUT2D eigenvalue weighted by Gasteiger charge is 2.13. The van der Waals surface area contributed by atoms with Gasteiger partial charge in [0.05, 0.1) is 10.6 Å². The standard InChI is InChI=1S/C17H13Cl2NO2S/c18-11-8-12(19)10-14(9-11)20-13(4-6-17(21)22)3-5-15(20)16-2-1-7-23-16/h1-3,5,7-10H,4,6H2,(H,21,22)/p-1. The molecule has 3 rings (SSSR count). The highest BCUT2D eigenvalue weighted by molar-refractivity contribution is 7.13. The third-order valence-electron chi connectivity index (χ3n) is 3.43. The van der Waals surface area contributed by atoms with E-state index in [4.69, 9.17) is 23.2 Å². The van der Waals surface area contributed by atoms with Crippen LogP contribution in [0.1, 0.15) is 12.1 Å². The van der Waals surface area contributed by atoms with Crippen LogP contribution in [0.2, 0.25) is 10.0 Å². The number of aliphatic carboxylic acids is 1. The molecule has 0 unspecified atom stereocenters. The SMILES string of the molecule is O=C([O-])CCc1ccc(-c2cccs2)n1-c1cc(Cl)cc(Cl)c1. The van der Waals surface area contributed by atoms with Gasteiger partial charge in [0.25, 0.3) is 0 Å². The van der Waals surface area contributed by atoms with E-state index >= 15 is 0 Å². The van der Waals surface area contributed by atoms with E-state index in [0.717, 1.165) is 22.0 Å². The number of carboxylic acid groups (broad SMARTS) is 1. The third kappa shape index (κ3) is 3.61. The Labute approximate surface area is 147 Å². The maximum Gasteiger partial charge on any atom is 0.0631 e. The van der Waals surface area contributed by atoms with Crippen molar-refractivity contribution in [3.05, 3.63) is 63.6 Å². The molecule has 0 fully saturated rings. The molecule has 2 aromatic heterocycles. The van der Waals surface area contributed by atoms with Gasteiger partial charge < -0.3 is 14.5 Å². The van der Waals surface area contributed by atoms with Gasteiger partial charge >= 0.3 is 0 Å². The van der Waals surface area contributed by atoms with Crippen molar-refractivity contribution >= 4 is 40.5 Å². The quantitative estimate of drug-likeness (QED) is 0.680. The second kappa shape index (κ2) is 6.79. The summed E-state index contributed by atoms with van der Waals surface area (Å²) in [5, 5.41) is 13.9. The van der Waals surface area contributed by atoms with Gasteiger partial charge in [0.2, 0.25) is 0 Å². The number of benzene rings is 1. The van der Waals surface area contributed by atoms with Crippen molar-refractivity contribution in [2.24, 2.45) is 0 Å². The van der Waals surface area contributed by atoms with Crippen molar-refractivity contribution < 1.29 is 9.90 Å². The zero-order valence-electron chi connectivity index (χ0n) is 12.0. The summed E-state index contributed by atoms with van der Waals surface area (Å²) in [6.07, 6.45) is 0.333. The topological polar surface area (TPSA) is 45.1 Å². The molecule has 0 N–H and O–H groups in total. The number of hydrogen-bond acceptors (Lipinski definition) is 3. The van der Waals surface area contributed by atoms with Gasteiger partial charge in [-0.3, -0.25) is 0 Å². The predicted molar refractivity (Wildman–Crippen MR) is 92.4 cm³/mol. The minimum absolute atomic E-state index is 0.0395. The van der Waals surface area contributed by atoms with Crippen LogP contribution in [0.15, 0.2) is 47.8 Å². The van der Waals surface area contributed by atoms with E-state index in [1.165, 1.54) is 0 Å². The molecule has 0 saturated heterocycles. The van der Waals surface area contributed by atoms with Crippen molar-refractivity contribution in [3.8, 4) is 16.3 Å². The molecule has 1 aromatic carbocycles. The van der Waals surface area contributed by atoms with Crippen LogP contribution in [0, 0.1) is 0 Å². The van der Waals surface area contributed by atoms with Gasteiger partial charge in [0.15, 0.2) is 0 Å². The smallest absolute Gasteiger partial charge is 0.0631 e. The van der Waals surface area contributed by atoms with E-state index in [2.05, 4.69) is 0 Å². The van der Waals surface area contributed by atoms with E-state index < -0.39 is 5.97 Å². The van der Waals surface area contributed by atoms with Gasteiger partial charge in [-0.1, -0.05) is 29.3 Å². The Morgan fingerprint density at radius 3 is 2.48 bits per heavy atom. The first-order chi connectivity index (χ1) is 11.0. The van der Waals surface area contributed by atoms with E-state index in [-0.39, 0.29) is 6.42 Å². The predicted octanol–water partition coefficient (Wildman–Crippen LogP) is 4.20. The van der Waals surface area contributed by atoms with Gasteiger partial charge in [0, 0.05) is 27.4 Å². The highest BCUT2D eigenvalue weighted by Crippen LogP contribution is 2.32. The number of thiophene rings is 1. The number of aromatic nitrogens is 1. The molecule has 3 nitrogen and oxygen atoms in total. The van der Waals surface area contributed by atoms with Crippen molar-refractivity contribution in [2.45, 2.75) is 12.8 Å². The Morgan fingerprint density at radius 1 is 1.13 bits per heavy atom. The maximum absolute atomic E-state index is 10.8. The molecule has 0 aliphatic carbocycles. The van der Waals surface area contributed by atoms with Crippen LogP contribution in [0.25, 0.3) is 16.3 Å². The van der Waals surface area contributed by atoms with Crippen LogP contribution in [0.3, 0.4) is 0 Å². The Kier molecular flexibility index (Phi) is 4.76. The zero-order chi connectivity index (χ0) is 16.4. The third-order valence-corrected chi connectivity index (χ3v) is 4.75. The van der Waals surface area contributed by atoms with E-state index in [0.29, 0.717) is 16.5 Å². The summed E-state index contributed by atoms with van der Waals surface area (Å²) >= 11 is 13.9. The van der Waals surface area contributed by atoms with E-state index in [9.17, 15) is 9.90 Å². The second-order valence-corrected chi connectivity index (χ2v) is 6.84. The summed E-state index contributed by atoms with van der Waals surface area (Å²) in [5.41, 5.74) is 2.66. The van der Waals surface area contributed by atoms with Gasteiger partial charge in [-0.25, -0.2) is 0 Å². The zero-order valence-corrected chi connectivity index (χ0v) is 14.3. The van der Waals surface area contributed by atoms with Crippen molar-refractivity contribution in [1.82, 2.24) is 4.57 Å². The molecule has 0 amide bonds. The lowest BCUT2D eigenvalue weighted by molar-refractivity contribution is -0.305. The summed E-state index contributed by atoms with van der Waals surface area (Å²) in [6, 6.07) is 13.2. The molecule has 0 radical (unpaired) electrons. The number of carbonyl (C=O) groups excluding carboxylic acids is 1. The molecule has 0 bridgehead atoms. The fourth-order valence-corrected chi connectivity index (χ4v) is 3.75. The molecule has 2 heterocycles. The van der Waals surface area contributed by atoms with Gasteiger partial charge in [-0.05, 0) is 54.6 Å². The molecular weight excluding hydrogens is 353 g/mol. The van der Waals surface area contributed by atoms with Crippen molar-refractivity contribution in [2.75, 3.05) is 0 Å². The number of carbonyl (C=O) groups is 1. The molecule has 23 heavy (non-hydrogen) atoms. The number of rotatable bonds is 5. The summed E-state index contributed by atoms with van der Waals surface area (Å²) in [4.78, 5) is 11.9. The highest BCUT2D eigenvalue weighted by atomic mass is 35.5. The van der Waals surface area contributed by atoms with Crippen LogP contribution in [-0.2, 0) is 11.2 Å². The van der Waals surface area contributed by atoms with Gasteiger partial charge in [-0.15, -0.1) is 11.3 Å². The van der Waals surface area contributed by atoms with Crippen LogP contribution >= 0.6 is 34.5 Å². The monoisotopic (exact) mass is 364 g/mol. The fourth-order valence-electron chi connectivity index (χ4n) is 2.49. The average Bonchev–Trinajstić information content (AvgIpc) is 3.13. The second-order valence-electron chi connectivity index (χ2n) is 5.02. The lowest BCUT2D eigenvalue weighted by Gasteiger charge is -2.14. The first kappa shape index (κ1) is 16.1. The maximum atomic E-state index is 10.8. The number of nitrogens with zero attached hydrogens (tertiary/aromatic N) is 1. The molecule has 118 valence electrons. The van der Waals surface area contributed by atoms with Crippen molar-refractivity contribution in [1.29, 1.82) is 0 Å². The number of carboxylic acids is 1. The van der Waals surface area contributed by atoms with Crippen molar-refractivity contribution in [3.63, 3.8) is 0 Å². The molecule has 0 aliphatic rings. The molecule has 0 aliphatic heterocycles. The molecule has 6 heteroatoms. The minimum Gasteiger partial charge on any atom is -0.550 e. The van der Waals surface area contributed by atoms with Crippen LogP contribution in [0.4, 0.5) is 0 Å². The molecule has 0 atom stereocenters. The summed E-state index contributed by atoms with van der Waals surface area (Å²) in [7, 11) is 0. The van der Waals surface area contributed by atoms with E-state index in [1.54, 1.807) is 17.4 Å². The first-order valence-electron chi connectivity index (χ1n) is 6.95. The number of hydrogen-bond donors (Lipinski definition) is 0. The van der Waals surface area contributed by atoms with Gasteiger partial charge in [0.1, 0.15) is 0 Å². The lowest BCUT2D eigenvalue weighted by Crippen LogP contribution is -2.22. The largest absolute Gasteiger partial charge is 0.550 e. The normalized spacial score (nSPS) is 10.9. The Bertz CT molecular complexity index is 820.